The SMILES string of the molecule is C[C@]1(O)CCN2C[C@@H](c3ccc(Cl)cc3Cl)CC[C@@H]2C1. The summed E-state index contributed by atoms with van der Waals surface area (Å²) in [6.45, 7) is 3.99. The van der Waals surface area contributed by atoms with E-state index in [4.69, 9.17) is 23.2 Å². The molecule has 2 fully saturated rings. The number of halogens is 2. The van der Waals surface area contributed by atoms with E-state index in [9.17, 15) is 5.11 Å². The summed E-state index contributed by atoms with van der Waals surface area (Å²) in [5.41, 5.74) is 0.734. The molecule has 2 aliphatic rings. The number of fused-ring (bicyclic) bond motifs is 1. The first-order chi connectivity index (χ1) is 9.44. The Hall–Kier alpha value is -0.280. The summed E-state index contributed by atoms with van der Waals surface area (Å²) < 4.78 is 0. The van der Waals surface area contributed by atoms with Gasteiger partial charge in [-0.1, -0.05) is 29.3 Å². The lowest BCUT2D eigenvalue weighted by Crippen LogP contribution is -2.52. The van der Waals surface area contributed by atoms with Crippen molar-refractivity contribution in [3.63, 3.8) is 0 Å². The van der Waals surface area contributed by atoms with Crippen LogP contribution in [0.3, 0.4) is 0 Å². The van der Waals surface area contributed by atoms with Gasteiger partial charge in [0.05, 0.1) is 5.60 Å². The van der Waals surface area contributed by atoms with Crippen LogP contribution in [0, 0.1) is 0 Å². The maximum absolute atomic E-state index is 10.2. The Labute approximate surface area is 130 Å². The van der Waals surface area contributed by atoms with Crippen LogP contribution in [0.4, 0.5) is 0 Å². The standard InChI is InChI=1S/C16H21Cl2NO/c1-16(20)6-7-19-10-11(2-4-13(19)9-16)14-5-3-12(17)8-15(14)18/h3,5,8,11,13,20H,2,4,6-7,9-10H2,1H3/t11-,13+,16-/m0/s1. The average molecular weight is 314 g/mol. The molecule has 0 bridgehead atoms. The molecule has 2 saturated heterocycles. The lowest BCUT2D eigenvalue weighted by Gasteiger charge is -2.47. The van der Waals surface area contributed by atoms with Crippen LogP contribution in [0.2, 0.25) is 10.0 Å². The van der Waals surface area contributed by atoms with Crippen LogP contribution >= 0.6 is 23.2 Å². The predicted molar refractivity (Wildman–Crippen MR) is 83.7 cm³/mol. The molecule has 20 heavy (non-hydrogen) atoms. The van der Waals surface area contributed by atoms with Crippen molar-refractivity contribution in [2.75, 3.05) is 13.1 Å². The Kier molecular flexibility index (Phi) is 4.02. The summed E-state index contributed by atoms with van der Waals surface area (Å²) in [6, 6.07) is 6.36. The van der Waals surface area contributed by atoms with E-state index in [1.165, 1.54) is 5.56 Å². The predicted octanol–water partition coefficient (Wildman–Crippen LogP) is 4.09. The molecule has 2 nitrogen and oxygen atoms in total. The molecular formula is C16H21Cl2NO. The normalized spacial score (nSPS) is 34.8. The molecule has 0 aromatic heterocycles. The molecule has 0 spiro atoms. The monoisotopic (exact) mass is 313 g/mol. The van der Waals surface area contributed by atoms with Gasteiger partial charge >= 0.3 is 0 Å². The highest BCUT2D eigenvalue weighted by molar-refractivity contribution is 6.35. The van der Waals surface area contributed by atoms with E-state index in [0.717, 1.165) is 43.8 Å². The molecule has 0 radical (unpaired) electrons. The van der Waals surface area contributed by atoms with Gasteiger partial charge in [0.25, 0.3) is 0 Å². The second-order valence-corrected chi connectivity index (χ2v) is 7.38. The molecule has 4 heteroatoms. The minimum absolute atomic E-state index is 0.480. The Balaban J connectivity index is 1.73. The van der Waals surface area contributed by atoms with E-state index in [2.05, 4.69) is 11.0 Å². The number of nitrogens with zero attached hydrogens (tertiary/aromatic N) is 1. The first kappa shape index (κ1) is 14.6. The van der Waals surface area contributed by atoms with Crippen LogP contribution in [0.25, 0.3) is 0 Å². The van der Waals surface area contributed by atoms with Gasteiger partial charge in [0, 0.05) is 29.2 Å². The lowest BCUT2D eigenvalue weighted by molar-refractivity contribution is -0.0467. The van der Waals surface area contributed by atoms with E-state index < -0.39 is 5.60 Å². The summed E-state index contributed by atoms with van der Waals surface area (Å²) in [5.74, 6) is 0.485. The fourth-order valence-electron chi connectivity index (χ4n) is 3.69. The molecule has 110 valence electrons. The van der Waals surface area contributed by atoms with Gasteiger partial charge in [-0.25, -0.2) is 0 Å². The minimum atomic E-state index is -0.480. The van der Waals surface area contributed by atoms with Crippen LogP contribution < -0.4 is 0 Å². The van der Waals surface area contributed by atoms with Crippen LogP contribution in [0.15, 0.2) is 18.2 Å². The van der Waals surface area contributed by atoms with E-state index >= 15 is 0 Å². The van der Waals surface area contributed by atoms with Crippen molar-refractivity contribution in [1.82, 2.24) is 4.90 Å². The van der Waals surface area contributed by atoms with Crippen molar-refractivity contribution < 1.29 is 5.11 Å². The molecule has 0 amide bonds. The molecule has 1 aromatic carbocycles. The van der Waals surface area contributed by atoms with Crippen molar-refractivity contribution in [3.05, 3.63) is 33.8 Å². The number of aliphatic hydroxyl groups is 1. The summed E-state index contributed by atoms with van der Waals surface area (Å²) in [7, 11) is 0. The third kappa shape index (κ3) is 2.99. The van der Waals surface area contributed by atoms with Crippen molar-refractivity contribution in [2.45, 2.75) is 50.2 Å². The highest BCUT2D eigenvalue weighted by Gasteiger charge is 2.38. The zero-order valence-electron chi connectivity index (χ0n) is 11.8. The Morgan fingerprint density at radius 2 is 2.10 bits per heavy atom. The van der Waals surface area contributed by atoms with Gasteiger partial charge in [-0.05, 0) is 56.2 Å². The minimum Gasteiger partial charge on any atom is -0.390 e. The van der Waals surface area contributed by atoms with Gasteiger partial charge in [0.15, 0.2) is 0 Å². The third-order valence-corrected chi connectivity index (χ3v) is 5.40. The number of hydrogen-bond donors (Lipinski definition) is 1. The van der Waals surface area contributed by atoms with Crippen LogP contribution in [0.1, 0.15) is 44.1 Å². The number of benzene rings is 1. The van der Waals surface area contributed by atoms with Gasteiger partial charge in [-0.15, -0.1) is 0 Å². The summed E-state index contributed by atoms with van der Waals surface area (Å²) >= 11 is 12.3. The van der Waals surface area contributed by atoms with E-state index in [-0.39, 0.29) is 0 Å². The molecular weight excluding hydrogens is 293 g/mol. The molecule has 2 aliphatic heterocycles. The van der Waals surface area contributed by atoms with Crippen molar-refractivity contribution in [2.24, 2.45) is 0 Å². The number of piperidine rings is 2. The molecule has 1 N–H and O–H groups in total. The van der Waals surface area contributed by atoms with Gasteiger partial charge < -0.3 is 5.11 Å². The number of hydrogen-bond acceptors (Lipinski definition) is 2. The Morgan fingerprint density at radius 1 is 1.30 bits per heavy atom. The van der Waals surface area contributed by atoms with Crippen LogP contribution in [-0.4, -0.2) is 34.7 Å². The number of rotatable bonds is 1. The van der Waals surface area contributed by atoms with E-state index in [1.807, 2.05) is 19.1 Å². The molecule has 2 heterocycles. The third-order valence-electron chi connectivity index (χ3n) is 4.83. The molecule has 0 aliphatic carbocycles. The molecule has 3 rings (SSSR count). The summed E-state index contributed by atoms with van der Waals surface area (Å²) in [6.07, 6.45) is 4.04. The average Bonchev–Trinajstić information content (AvgIpc) is 2.37. The molecule has 3 atom stereocenters. The van der Waals surface area contributed by atoms with Gasteiger partial charge in [-0.3, -0.25) is 4.90 Å². The zero-order valence-corrected chi connectivity index (χ0v) is 13.3. The lowest BCUT2D eigenvalue weighted by atomic mass is 9.79. The second kappa shape index (κ2) is 5.49. The first-order valence-corrected chi connectivity index (χ1v) is 8.11. The smallest absolute Gasteiger partial charge is 0.0646 e. The van der Waals surface area contributed by atoms with Crippen molar-refractivity contribution in [3.8, 4) is 0 Å². The maximum atomic E-state index is 10.2. The highest BCUT2D eigenvalue weighted by Crippen LogP contribution is 2.39. The Bertz CT molecular complexity index is 503. The molecule has 1 aromatic rings. The summed E-state index contributed by atoms with van der Waals surface area (Å²) in [5, 5.41) is 11.7. The highest BCUT2D eigenvalue weighted by atomic mass is 35.5. The first-order valence-electron chi connectivity index (χ1n) is 7.36. The molecule has 0 saturated carbocycles. The second-order valence-electron chi connectivity index (χ2n) is 6.54. The molecule has 0 unspecified atom stereocenters. The topological polar surface area (TPSA) is 23.5 Å². The van der Waals surface area contributed by atoms with E-state index in [0.29, 0.717) is 17.0 Å². The fourth-order valence-corrected chi connectivity index (χ4v) is 4.25. The van der Waals surface area contributed by atoms with Gasteiger partial charge in [0.2, 0.25) is 0 Å². The zero-order chi connectivity index (χ0) is 14.3. The largest absolute Gasteiger partial charge is 0.390 e. The van der Waals surface area contributed by atoms with Crippen LogP contribution in [-0.2, 0) is 0 Å². The summed E-state index contributed by atoms with van der Waals surface area (Å²) in [4.78, 5) is 2.52. The van der Waals surface area contributed by atoms with Gasteiger partial charge in [0.1, 0.15) is 0 Å². The van der Waals surface area contributed by atoms with Gasteiger partial charge in [-0.2, -0.15) is 0 Å². The van der Waals surface area contributed by atoms with E-state index in [1.54, 1.807) is 0 Å². The quantitative estimate of drug-likeness (QED) is 0.844. The van der Waals surface area contributed by atoms with Crippen LogP contribution in [0.5, 0.6) is 0 Å². The van der Waals surface area contributed by atoms with Crippen molar-refractivity contribution >= 4 is 23.2 Å². The van der Waals surface area contributed by atoms with Crippen molar-refractivity contribution in [1.29, 1.82) is 0 Å². The maximum Gasteiger partial charge on any atom is 0.0646 e. The fraction of sp³-hybridized carbons (Fsp3) is 0.625. The Morgan fingerprint density at radius 3 is 2.85 bits per heavy atom.